The second-order valence-corrected chi connectivity index (χ2v) is 8.54. The van der Waals surface area contributed by atoms with Crippen LogP contribution in [-0.4, -0.2) is 50.0 Å². The van der Waals surface area contributed by atoms with Gasteiger partial charge in [-0.25, -0.2) is 4.39 Å². The van der Waals surface area contributed by atoms with Crippen LogP contribution in [0.1, 0.15) is 25.1 Å². The molecule has 0 aliphatic carbocycles. The van der Waals surface area contributed by atoms with Crippen molar-refractivity contribution < 1.29 is 14.0 Å². The van der Waals surface area contributed by atoms with Gasteiger partial charge in [-0.3, -0.25) is 9.59 Å². The van der Waals surface area contributed by atoms with E-state index in [1.54, 1.807) is 12.1 Å². The van der Waals surface area contributed by atoms with Gasteiger partial charge in [-0.05, 0) is 53.3 Å². The molecular weight excluding hydrogens is 419 g/mol. The van der Waals surface area contributed by atoms with Crippen LogP contribution >= 0.6 is 11.3 Å². The summed E-state index contributed by atoms with van der Waals surface area (Å²) in [5.74, 6) is -0.0799. The van der Waals surface area contributed by atoms with Crippen LogP contribution in [0.15, 0.2) is 41.8 Å². The molecule has 3 aromatic rings. The number of nitrogens with zero attached hydrogens (tertiary/aromatic N) is 5. The van der Waals surface area contributed by atoms with Crippen LogP contribution in [0.3, 0.4) is 0 Å². The van der Waals surface area contributed by atoms with Gasteiger partial charge in [0, 0.05) is 17.0 Å². The fourth-order valence-electron chi connectivity index (χ4n) is 2.80. The molecule has 0 atom stereocenters. The lowest BCUT2D eigenvalue weighted by Crippen LogP contribution is -2.42. The minimum atomic E-state index is -0.359. The first kappa shape index (κ1) is 22.5. The van der Waals surface area contributed by atoms with Gasteiger partial charge in [-0.1, -0.05) is 19.9 Å². The van der Waals surface area contributed by atoms with Crippen molar-refractivity contribution in [3.63, 3.8) is 0 Å². The number of rotatable bonds is 10. The maximum Gasteiger partial charge on any atom is 0.247 e. The number of nitrogens with one attached hydrogen (secondary N) is 1. The van der Waals surface area contributed by atoms with Gasteiger partial charge >= 0.3 is 0 Å². The zero-order valence-electron chi connectivity index (χ0n) is 17.5. The molecule has 0 unspecified atom stereocenters. The largest absolute Gasteiger partial charge is 0.355 e. The van der Waals surface area contributed by atoms with Crippen molar-refractivity contribution in [2.75, 3.05) is 13.1 Å². The molecule has 31 heavy (non-hydrogen) atoms. The fourth-order valence-corrected chi connectivity index (χ4v) is 3.52. The smallest absolute Gasteiger partial charge is 0.247 e. The Bertz CT molecular complexity index is 988. The van der Waals surface area contributed by atoms with Crippen LogP contribution in [0.25, 0.3) is 11.4 Å². The summed E-state index contributed by atoms with van der Waals surface area (Å²) in [5.41, 5.74) is 0.597. The van der Waals surface area contributed by atoms with Crippen molar-refractivity contribution in [3.8, 4) is 11.4 Å². The molecule has 8 nitrogen and oxygen atoms in total. The van der Waals surface area contributed by atoms with E-state index in [0.29, 0.717) is 30.4 Å². The van der Waals surface area contributed by atoms with E-state index in [-0.39, 0.29) is 30.7 Å². The summed E-state index contributed by atoms with van der Waals surface area (Å²) in [7, 11) is 0. The predicted molar refractivity (Wildman–Crippen MR) is 115 cm³/mol. The Labute approximate surface area is 184 Å². The number of hydrogen-bond acceptors (Lipinski definition) is 6. The predicted octanol–water partition coefficient (Wildman–Crippen LogP) is 2.73. The van der Waals surface area contributed by atoms with Crippen molar-refractivity contribution >= 4 is 23.2 Å². The summed E-state index contributed by atoms with van der Waals surface area (Å²) in [5, 5.41) is 16.8. The molecule has 3 rings (SSSR count). The first-order valence-corrected chi connectivity index (χ1v) is 10.9. The average molecular weight is 445 g/mol. The highest BCUT2D eigenvalue weighted by Gasteiger charge is 2.20. The molecule has 0 spiro atoms. The molecule has 0 saturated heterocycles. The highest BCUT2D eigenvalue weighted by atomic mass is 32.1. The highest BCUT2D eigenvalue weighted by Crippen LogP contribution is 2.15. The quantitative estimate of drug-likeness (QED) is 0.519. The Morgan fingerprint density at radius 1 is 1.23 bits per heavy atom. The van der Waals surface area contributed by atoms with Crippen LogP contribution in [-0.2, 0) is 22.7 Å². The number of hydrogen-bond donors (Lipinski definition) is 1. The maximum absolute atomic E-state index is 13.1. The summed E-state index contributed by atoms with van der Waals surface area (Å²) in [6, 6.07) is 9.52. The number of halogens is 1. The SMILES string of the molecule is CC(C)CCNC(=O)CN(Cc1cccs1)C(=O)Cn1nnc(-c2ccc(F)cc2)n1. The van der Waals surface area contributed by atoms with Crippen LogP contribution in [0, 0.1) is 11.7 Å². The first-order valence-electron chi connectivity index (χ1n) is 10.0. The second kappa shape index (κ2) is 10.8. The molecule has 0 aliphatic heterocycles. The molecule has 1 aromatic carbocycles. The van der Waals surface area contributed by atoms with Crippen LogP contribution in [0.2, 0.25) is 0 Å². The number of aromatic nitrogens is 4. The van der Waals surface area contributed by atoms with Gasteiger partial charge in [-0.15, -0.1) is 21.5 Å². The number of thiophene rings is 1. The van der Waals surface area contributed by atoms with Gasteiger partial charge in [0.05, 0.1) is 13.1 Å². The van der Waals surface area contributed by atoms with Crippen molar-refractivity contribution in [1.82, 2.24) is 30.4 Å². The second-order valence-electron chi connectivity index (χ2n) is 7.51. The number of carbonyl (C=O) groups is 2. The molecular formula is C21H25FN6O2S. The van der Waals surface area contributed by atoms with E-state index >= 15 is 0 Å². The lowest BCUT2D eigenvalue weighted by atomic mass is 10.1. The van der Waals surface area contributed by atoms with Gasteiger partial charge in [0.25, 0.3) is 0 Å². The van der Waals surface area contributed by atoms with Crippen LogP contribution in [0.4, 0.5) is 4.39 Å². The Hall–Kier alpha value is -3.14. The summed E-state index contributed by atoms with van der Waals surface area (Å²) in [4.78, 5) is 28.9. The first-order chi connectivity index (χ1) is 14.9. The van der Waals surface area contributed by atoms with Gasteiger partial charge in [-0.2, -0.15) is 4.80 Å². The van der Waals surface area contributed by atoms with E-state index in [1.165, 1.54) is 33.2 Å². The fraction of sp³-hybridized carbons (Fsp3) is 0.381. The van der Waals surface area contributed by atoms with Crippen molar-refractivity contribution in [2.24, 2.45) is 5.92 Å². The molecule has 0 aliphatic rings. The molecule has 164 valence electrons. The summed E-state index contributed by atoms with van der Waals surface area (Å²) < 4.78 is 13.1. The van der Waals surface area contributed by atoms with Gasteiger partial charge in [0.2, 0.25) is 17.6 Å². The zero-order chi connectivity index (χ0) is 22.2. The number of benzene rings is 1. The Morgan fingerprint density at radius 2 is 2.00 bits per heavy atom. The topological polar surface area (TPSA) is 93.0 Å². The van der Waals surface area contributed by atoms with Crippen molar-refractivity contribution in [2.45, 2.75) is 33.4 Å². The normalized spacial score (nSPS) is 11.0. The van der Waals surface area contributed by atoms with E-state index in [4.69, 9.17) is 0 Å². The van der Waals surface area contributed by atoms with E-state index in [0.717, 1.165) is 11.3 Å². The number of carbonyl (C=O) groups excluding carboxylic acids is 2. The third-order valence-corrected chi connectivity index (χ3v) is 5.35. The Morgan fingerprint density at radius 3 is 2.68 bits per heavy atom. The number of amides is 2. The summed E-state index contributed by atoms with van der Waals surface area (Å²) in [6.07, 6.45) is 0.875. The van der Waals surface area contributed by atoms with Gasteiger partial charge in [0.1, 0.15) is 12.4 Å². The monoisotopic (exact) mass is 444 g/mol. The molecule has 0 saturated carbocycles. The summed E-state index contributed by atoms with van der Waals surface area (Å²) >= 11 is 1.52. The Balaban J connectivity index is 1.65. The standard InChI is InChI=1S/C21H25FN6O2S/c1-15(2)9-10-23-19(29)13-27(12-18-4-3-11-31-18)20(30)14-28-25-21(24-26-28)16-5-7-17(22)8-6-16/h3-8,11,15H,9-10,12-14H2,1-2H3,(H,23,29). The molecule has 2 heterocycles. The maximum atomic E-state index is 13.1. The van der Waals surface area contributed by atoms with E-state index in [9.17, 15) is 14.0 Å². The van der Waals surface area contributed by atoms with E-state index in [2.05, 4.69) is 34.6 Å². The van der Waals surface area contributed by atoms with E-state index < -0.39 is 0 Å². The zero-order valence-corrected chi connectivity index (χ0v) is 18.3. The molecule has 0 fully saturated rings. The molecule has 2 amide bonds. The minimum absolute atomic E-state index is 0.0473. The van der Waals surface area contributed by atoms with Crippen molar-refractivity contribution in [3.05, 3.63) is 52.5 Å². The Kier molecular flexibility index (Phi) is 7.82. The molecule has 0 bridgehead atoms. The minimum Gasteiger partial charge on any atom is -0.355 e. The third kappa shape index (κ3) is 6.95. The van der Waals surface area contributed by atoms with Crippen molar-refractivity contribution in [1.29, 1.82) is 0 Å². The van der Waals surface area contributed by atoms with Crippen LogP contribution in [0.5, 0.6) is 0 Å². The lowest BCUT2D eigenvalue weighted by Gasteiger charge is -2.21. The van der Waals surface area contributed by atoms with Crippen LogP contribution < -0.4 is 5.32 Å². The summed E-state index contributed by atoms with van der Waals surface area (Å²) in [6.45, 7) is 4.87. The third-order valence-electron chi connectivity index (χ3n) is 4.49. The molecule has 1 N–H and O–H groups in total. The highest BCUT2D eigenvalue weighted by molar-refractivity contribution is 7.09. The average Bonchev–Trinajstić information content (AvgIpc) is 3.40. The number of tetrazole rings is 1. The molecule has 2 aromatic heterocycles. The molecule has 0 radical (unpaired) electrons. The van der Waals surface area contributed by atoms with E-state index in [1.807, 2.05) is 17.5 Å². The molecule has 10 heteroatoms. The van der Waals surface area contributed by atoms with Gasteiger partial charge in [0.15, 0.2) is 0 Å². The lowest BCUT2D eigenvalue weighted by molar-refractivity contribution is -0.137. The van der Waals surface area contributed by atoms with Gasteiger partial charge < -0.3 is 10.2 Å².